The zero-order valence-corrected chi connectivity index (χ0v) is 34.2. The molecule has 0 spiro atoms. The van der Waals surface area contributed by atoms with Gasteiger partial charge < -0.3 is 24.0 Å². The fraction of sp³-hybridized carbons (Fsp3) is 0.111. The fourth-order valence-electron chi connectivity index (χ4n) is 7.60. The zero-order valence-electron chi connectivity index (χ0n) is 34.2. The van der Waals surface area contributed by atoms with E-state index in [1.807, 2.05) is 36.4 Å². The van der Waals surface area contributed by atoms with Gasteiger partial charge in [-0.25, -0.2) is 0 Å². The average molecular weight is 773 g/mol. The molecule has 0 saturated heterocycles. The van der Waals surface area contributed by atoms with E-state index < -0.39 is 0 Å². The van der Waals surface area contributed by atoms with Crippen LogP contribution in [-0.2, 0) is 5.41 Å². The van der Waals surface area contributed by atoms with Crippen LogP contribution in [-0.4, -0.2) is 21.3 Å². The van der Waals surface area contributed by atoms with Crippen LogP contribution in [0.4, 0.5) is 34.1 Å². The van der Waals surface area contributed by atoms with Gasteiger partial charge in [0, 0.05) is 39.5 Å². The lowest BCUT2D eigenvalue weighted by Crippen LogP contribution is -2.19. The molecule has 5 heteroatoms. The highest BCUT2D eigenvalue weighted by Gasteiger charge is 2.24. The van der Waals surface area contributed by atoms with E-state index in [9.17, 15) is 0 Å². The summed E-state index contributed by atoms with van der Waals surface area (Å²) in [5.41, 5.74) is 13.3. The van der Waals surface area contributed by atoms with Gasteiger partial charge in [-0.3, -0.25) is 0 Å². The van der Waals surface area contributed by atoms with Crippen molar-refractivity contribution >= 4 is 34.1 Å². The first-order chi connectivity index (χ1) is 28.8. The Hall–Kier alpha value is -7.24. The highest BCUT2D eigenvalue weighted by molar-refractivity contribution is 5.82. The molecule has 8 aromatic rings. The van der Waals surface area contributed by atoms with Crippen LogP contribution >= 0.6 is 0 Å². The van der Waals surface area contributed by atoms with Crippen LogP contribution in [0.1, 0.15) is 25.0 Å². The Bertz CT molecular complexity index is 2520. The molecule has 0 fully saturated rings. The predicted molar refractivity (Wildman–Crippen MR) is 245 cm³/mol. The summed E-state index contributed by atoms with van der Waals surface area (Å²) in [4.78, 5) is 4.56. The quantitative estimate of drug-likeness (QED) is 0.117. The summed E-state index contributed by atoms with van der Waals surface area (Å²) in [6.07, 6.45) is 0. The molecule has 0 aliphatic carbocycles. The van der Waals surface area contributed by atoms with E-state index in [4.69, 9.17) is 14.2 Å². The summed E-state index contributed by atoms with van der Waals surface area (Å²) >= 11 is 0. The van der Waals surface area contributed by atoms with Gasteiger partial charge in [0.2, 0.25) is 0 Å². The Kier molecular flexibility index (Phi) is 11.2. The van der Waals surface area contributed by atoms with Crippen molar-refractivity contribution in [1.82, 2.24) is 0 Å². The van der Waals surface area contributed by atoms with Gasteiger partial charge in [-0.2, -0.15) is 0 Å². The van der Waals surface area contributed by atoms with Crippen molar-refractivity contribution in [3.63, 3.8) is 0 Å². The van der Waals surface area contributed by atoms with Crippen LogP contribution in [0.15, 0.2) is 200 Å². The van der Waals surface area contributed by atoms with Crippen molar-refractivity contribution in [2.45, 2.75) is 19.3 Å². The van der Waals surface area contributed by atoms with Crippen molar-refractivity contribution in [3.8, 4) is 39.5 Å². The van der Waals surface area contributed by atoms with Crippen molar-refractivity contribution in [1.29, 1.82) is 0 Å². The van der Waals surface area contributed by atoms with Crippen LogP contribution < -0.4 is 24.0 Å². The topological polar surface area (TPSA) is 34.2 Å². The number of benzene rings is 8. The summed E-state index contributed by atoms with van der Waals surface area (Å²) in [7, 11) is 5.07. The molecule has 0 N–H and O–H groups in total. The number of anilines is 6. The van der Waals surface area contributed by atoms with E-state index >= 15 is 0 Å². The Morgan fingerprint density at radius 2 is 0.525 bits per heavy atom. The molecule has 0 unspecified atom stereocenters. The Morgan fingerprint density at radius 1 is 0.288 bits per heavy atom. The minimum Gasteiger partial charge on any atom is -0.497 e. The maximum atomic E-state index is 5.48. The SMILES string of the molecule is COc1ccc(-c2ccc(-c3ccc(N(c4ccc(N(c5ccc(OC)cc5)c5ccc(OC)cc5)cc4)c4ccc(C(C)(C)c5ccccc5)cc4)cc3)cc2)cc1. The maximum Gasteiger partial charge on any atom is 0.119 e. The van der Waals surface area contributed by atoms with Gasteiger partial charge in [-0.1, -0.05) is 105 Å². The minimum atomic E-state index is -0.150. The largest absolute Gasteiger partial charge is 0.497 e. The Morgan fingerprint density at radius 3 is 0.864 bits per heavy atom. The molecule has 0 aromatic heterocycles. The number of hydrogen-bond donors (Lipinski definition) is 0. The average Bonchev–Trinajstić information content (AvgIpc) is 3.31. The molecule has 0 aliphatic rings. The molecule has 0 bridgehead atoms. The van der Waals surface area contributed by atoms with Crippen molar-refractivity contribution < 1.29 is 14.2 Å². The molecule has 0 aliphatic heterocycles. The normalized spacial score (nSPS) is 11.1. The third-order valence-electron chi connectivity index (χ3n) is 11.1. The summed E-state index contributed by atoms with van der Waals surface area (Å²) < 4.78 is 16.3. The molecule has 8 rings (SSSR count). The molecule has 292 valence electrons. The van der Waals surface area contributed by atoms with Crippen molar-refractivity contribution in [2.75, 3.05) is 31.1 Å². The monoisotopic (exact) mass is 772 g/mol. The number of rotatable bonds is 13. The Balaban J connectivity index is 1.15. The third-order valence-corrected chi connectivity index (χ3v) is 11.1. The van der Waals surface area contributed by atoms with Crippen LogP contribution in [0.2, 0.25) is 0 Å². The van der Waals surface area contributed by atoms with Crippen LogP contribution in [0.25, 0.3) is 22.3 Å². The number of hydrogen-bond acceptors (Lipinski definition) is 5. The molecule has 0 saturated carbocycles. The second kappa shape index (κ2) is 17.1. The first kappa shape index (κ1) is 38.6. The molecule has 0 radical (unpaired) electrons. The van der Waals surface area contributed by atoms with Crippen LogP contribution in [0.5, 0.6) is 17.2 Å². The highest BCUT2D eigenvalue weighted by atomic mass is 16.5. The zero-order chi connectivity index (χ0) is 40.8. The highest BCUT2D eigenvalue weighted by Crippen LogP contribution is 2.41. The van der Waals surface area contributed by atoms with E-state index in [2.05, 4.69) is 187 Å². The molecule has 5 nitrogen and oxygen atoms in total. The van der Waals surface area contributed by atoms with Gasteiger partial charge in [-0.15, -0.1) is 0 Å². The Labute approximate surface area is 348 Å². The number of methoxy groups -OCH3 is 3. The second-order valence-electron chi connectivity index (χ2n) is 15.0. The van der Waals surface area contributed by atoms with Gasteiger partial charge >= 0.3 is 0 Å². The van der Waals surface area contributed by atoms with E-state index in [0.29, 0.717) is 0 Å². The third kappa shape index (κ3) is 8.28. The lowest BCUT2D eigenvalue weighted by Gasteiger charge is -2.30. The number of ether oxygens (including phenoxy) is 3. The standard InChI is InChI=1S/C54H48N2O3/c1-54(2,43-9-7-6-8-10-43)44-19-23-46(24-20-44)55(45-21-15-41(16-22-45)39-11-13-40(14-12-39)42-17-33-51(57-3)34-18-42)47-25-27-48(28-26-47)56(49-29-35-52(58-4)36-30-49)50-31-37-53(59-5)38-32-50/h6-38H,1-5H3. The molecule has 0 atom stereocenters. The summed E-state index contributed by atoms with van der Waals surface area (Å²) in [5.74, 6) is 2.47. The molecule has 59 heavy (non-hydrogen) atoms. The van der Waals surface area contributed by atoms with Gasteiger partial charge in [0.05, 0.1) is 21.3 Å². The summed E-state index contributed by atoms with van der Waals surface area (Å²) in [6, 6.07) is 70.5. The molecular weight excluding hydrogens is 725 g/mol. The summed E-state index contributed by atoms with van der Waals surface area (Å²) in [5, 5.41) is 0. The lowest BCUT2D eigenvalue weighted by molar-refractivity contribution is 0.414. The van der Waals surface area contributed by atoms with E-state index in [0.717, 1.165) is 68.1 Å². The predicted octanol–water partition coefficient (Wildman–Crippen LogP) is 14.3. The fourth-order valence-corrected chi connectivity index (χ4v) is 7.60. The van der Waals surface area contributed by atoms with Crippen molar-refractivity contribution in [2.24, 2.45) is 0 Å². The van der Waals surface area contributed by atoms with Gasteiger partial charge in [0.25, 0.3) is 0 Å². The lowest BCUT2D eigenvalue weighted by atomic mass is 9.78. The molecular formula is C54H48N2O3. The smallest absolute Gasteiger partial charge is 0.119 e. The van der Waals surface area contributed by atoms with Gasteiger partial charge in [0.15, 0.2) is 0 Å². The summed E-state index contributed by atoms with van der Waals surface area (Å²) in [6.45, 7) is 4.57. The van der Waals surface area contributed by atoms with Gasteiger partial charge in [-0.05, 0) is 143 Å². The van der Waals surface area contributed by atoms with Crippen molar-refractivity contribution in [3.05, 3.63) is 211 Å². The molecule has 0 heterocycles. The maximum absolute atomic E-state index is 5.48. The van der Waals surface area contributed by atoms with Crippen LogP contribution in [0.3, 0.4) is 0 Å². The van der Waals surface area contributed by atoms with Gasteiger partial charge in [0.1, 0.15) is 17.2 Å². The first-order valence-electron chi connectivity index (χ1n) is 19.8. The minimum absolute atomic E-state index is 0.150. The van der Waals surface area contributed by atoms with Crippen LogP contribution in [0, 0.1) is 0 Å². The first-order valence-corrected chi connectivity index (χ1v) is 19.8. The van der Waals surface area contributed by atoms with E-state index in [1.54, 1.807) is 21.3 Å². The van der Waals surface area contributed by atoms with E-state index in [1.165, 1.54) is 16.7 Å². The second-order valence-corrected chi connectivity index (χ2v) is 15.0. The molecule has 8 aromatic carbocycles. The van der Waals surface area contributed by atoms with E-state index in [-0.39, 0.29) is 5.41 Å². The number of nitrogens with zero attached hydrogens (tertiary/aromatic N) is 2. The molecule has 0 amide bonds.